The summed E-state index contributed by atoms with van der Waals surface area (Å²) < 4.78 is 40.5. The zero-order chi connectivity index (χ0) is 19.9. The van der Waals surface area contributed by atoms with Crippen LogP contribution in [0.3, 0.4) is 0 Å². The summed E-state index contributed by atoms with van der Waals surface area (Å²) in [4.78, 5) is 18.6. The number of carbonyl (C=O) groups is 1. The first-order chi connectivity index (χ1) is 13.3. The Morgan fingerprint density at radius 3 is 2.75 bits per heavy atom. The molecule has 1 aliphatic rings. The van der Waals surface area contributed by atoms with Gasteiger partial charge in [-0.05, 0) is 31.0 Å². The number of piperidine rings is 1. The highest BCUT2D eigenvalue weighted by Gasteiger charge is 2.32. The van der Waals surface area contributed by atoms with Crippen LogP contribution in [0.2, 0.25) is 0 Å². The number of pyridine rings is 1. The van der Waals surface area contributed by atoms with Gasteiger partial charge in [0.05, 0.1) is 11.1 Å². The Labute approximate surface area is 159 Å². The number of rotatable bonds is 3. The monoisotopic (exact) mass is 389 g/mol. The van der Waals surface area contributed by atoms with Gasteiger partial charge >= 0.3 is 6.18 Å². The van der Waals surface area contributed by atoms with Gasteiger partial charge in [0, 0.05) is 43.1 Å². The summed E-state index contributed by atoms with van der Waals surface area (Å²) in [5.74, 6) is 0.482. The van der Waals surface area contributed by atoms with Crippen LogP contribution in [0.1, 0.15) is 18.4 Å². The molecule has 1 unspecified atom stereocenters. The lowest BCUT2D eigenvalue weighted by Gasteiger charge is -2.32. The molecule has 1 aliphatic heterocycles. The Morgan fingerprint density at radius 1 is 1.21 bits per heavy atom. The average Bonchev–Trinajstić information content (AvgIpc) is 3.08. The number of aromatic nitrogens is 3. The first kappa shape index (κ1) is 18.3. The highest BCUT2D eigenvalue weighted by Crippen LogP contribution is 2.33. The van der Waals surface area contributed by atoms with Gasteiger partial charge in [0.1, 0.15) is 6.04 Å². The smallest absolute Gasteiger partial charge is 0.373 e. The summed E-state index contributed by atoms with van der Waals surface area (Å²) in [5, 5.41) is 8.02. The van der Waals surface area contributed by atoms with Crippen molar-refractivity contribution in [2.24, 2.45) is 7.05 Å². The van der Waals surface area contributed by atoms with Gasteiger partial charge in [0.2, 0.25) is 0 Å². The molecule has 146 valence electrons. The van der Waals surface area contributed by atoms with Crippen LogP contribution >= 0.6 is 0 Å². The molecule has 0 bridgehead atoms. The summed E-state index contributed by atoms with van der Waals surface area (Å²) in [6.07, 6.45) is 0.207. The van der Waals surface area contributed by atoms with Crippen LogP contribution in [0.25, 0.3) is 10.9 Å². The van der Waals surface area contributed by atoms with Crippen LogP contribution in [-0.2, 0) is 18.0 Å². The fraction of sp³-hybridized carbons (Fsp3) is 0.316. The van der Waals surface area contributed by atoms with Crippen LogP contribution < -0.4 is 10.2 Å². The topological polar surface area (TPSA) is 63.1 Å². The molecule has 1 aromatic carbocycles. The van der Waals surface area contributed by atoms with Crippen molar-refractivity contribution < 1.29 is 18.0 Å². The summed E-state index contributed by atoms with van der Waals surface area (Å²) in [5.41, 5.74) is 0.0596. The lowest BCUT2D eigenvalue weighted by molar-refractivity contribution is -0.137. The van der Waals surface area contributed by atoms with Crippen LogP contribution in [0.5, 0.6) is 0 Å². The number of hydrogen-bond acceptors (Lipinski definition) is 4. The molecule has 1 N–H and O–H groups in total. The van der Waals surface area contributed by atoms with E-state index in [1.807, 2.05) is 0 Å². The molecular formula is C19H18F3N5O. The average molecular weight is 389 g/mol. The number of hydrogen-bond donors (Lipinski definition) is 1. The van der Waals surface area contributed by atoms with Gasteiger partial charge in [0.15, 0.2) is 5.82 Å². The number of alkyl halides is 3. The lowest BCUT2D eigenvalue weighted by Crippen LogP contribution is -2.48. The van der Waals surface area contributed by atoms with Crippen molar-refractivity contribution in [1.82, 2.24) is 14.8 Å². The number of benzene rings is 1. The minimum atomic E-state index is -4.43. The number of amides is 1. The molecule has 6 nitrogen and oxygen atoms in total. The van der Waals surface area contributed by atoms with Gasteiger partial charge < -0.3 is 5.32 Å². The first-order valence-corrected chi connectivity index (χ1v) is 8.86. The minimum Gasteiger partial charge on any atom is -0.373 e. The van der Waals surface area contributed by atoms with Crippen LogP contribution in [-0.4, -0.2) is 33.3 Å². The molecule has 1 amide bonds. The van der Waals surface area contributed by atoms with Crippen molar-refractivity contribution in [3.8, 4) is 0 Å². The Hall–Kier alpha value is -3.10. The first-order valence-electron chi connectivity index (χ1n) is 8.86. The quantitative estimate of drug-likeness (QED) is 0.744. The van der Waals surface area contributed by atoms with Crippen molar-refractivity contribution in [3.05, 3.63) is 48.3 Å². The number of carbonyl (C=O) groups excluding carboxylic acids is 1. The van der Waals surface area contributed by atoms with Gasteiger partial charge in [-0.1, -0.05) is 6.07 Å². The van der Waals surface area contributed by atoms with Gasteiger partial charge in [-0.25, -0.2) is 0 Å². The van der Waals surface area contributed by atoms with Crippen LogP contribution in [0, 0.1) is 0 Å². The molecule has 1 atom stereocenters. The second-order valence-electron chi connectivity index (χ2n) is 6.76. The van der Waals surface area contributed by atoms with E-state index in [1.54, 1.807) is 35.0 Å². The summed E-state index contributed by atoms with van der Waals surface area (Å²) >= 11 is 0. The van der Waals surface area contributed by atoms with E-state index in [0.29, 0.717) is 29.9 Å². The Kier molecular flexibility index (Phi) is 4.44. The fourth-order valence-corrected chi connectivity index (χ4v) is 3.42. The van der Waals surface area contributed by atoms with Gasteiger partial charge in [-0.3, -0.25) is 19.4 Å². The lowest BCUT2D eigenvalue weighted by atomic mass is 10.0. The van der Waals surface area contributed by atoms with Gasteiger partial charge in [-0.15, -0.1) is 0 Å². The SMILES string of the molecule is Cn1ccc(N2CCCC(Nc3ccnc4cc(C(F)(F)F)ccc34)C2=O)n1. The Bertz CT molecular complexity index is 1030. The molecule has 3 heterocycles. The summed E-state index contributed by atoms with van der Waals surface area (Å²) in [7, 11) is 1.78. The van der Waals surface area contributed by atoms with Gasteiger partial charge in [-0.2, -0.15) is 18.3 Å². The molecule has 0 spiro atoms. The van der Waals surface area contributed by atoms with Gasteiger partial charge in [0.25, 0.3) is 5.91 Å². The largest absolute Gasteiger partial charge is 0.416 e. The molecule has 1 saturated heterocycles. The predicted octanol–water partition coefficient (Wildman–Crippen LogP) is 3.59. The number of aryl methyl sites for hydroxylation is 1. The van der Waals surface area contributed by atoms with Crippen molar-refractivity contribution in [2.45, 2.75) is 25.1 Å². The van der Waals surface area contributed by atoms with E-state index in [4.69, 9.17) is 0 Å². The van der Waals surface area contributed by atoms with E-state index >= 15 is 0 Å². The third kappa shape index (κ3) is 3.39. The molecule has 4 rings (SSSR count). The number of fused-ring (bicyclic) bond motifs is 1. The minimum absolute atomic E-state index is 0.109. The van der Waals surface area contributed by atoms with Crippen molar-refractivity contribution >= 4 is 28.3 Å². The molecule has 9 heteroatoms. The van der Waals surface area contributed by atoms with Crippen molar-refractivity contribution in [3.63, 3.8) is 0 Å². The van der Waals surface area contributed by atoms with Crippen molar-refractivity contribution in [2.75, 3.05) is 16.8 Å². The number of nitrogens with one attached hydrogen (secondary N) is 1. The highest BCUT2D eigenvalue weighted by atomic mass is 19.4. The molecule has 3 aromatic rings. The van der Waals surface area contributed by atoms with Crippen molar-refractivity contribution in [1.29, 1.82) is 0 Å². The molecule has 1 fully saturated rings. The second-order valence-corrected chi connectivity index (χ2v) is 6.76. The number of halogens is 3. The summed E-state index contributed by atoms with van der Waals surface area (Å²) in [6, 6.07) is 6.39. The molecule has 28 heavy (non-hydrogen) atoms. The number of nitrogens with zero attached hydrogens (tertiary/aromatic N) is 4. The Morgan fingerprint density at radius 2 is 2.04 bits per heavy atom. The van der Waals surface area contributed by atoms with E-state index in [1.165, 1.54) is 12.3 Å². The molecule has 0 aliphatic carbocycles. The zero-order valence-electron chi connectivity index (χ0n) is 15.1. The standard InChI is InChI=1S/C19H18F3N5O/c1-26-10-7-17(25-26)27-9-2-3-15(18(27)28)24-14-6-8-23-16-11-12(19(20,21)22)4-5-13(14)16/h4-8,10-11,15H,2-3,9H2,1H3,(H,23,24). The highest BCUT2D eigenvalue weighted by molar-refractivity contribution is 6.00. The van der Waals surface area contributed by atoms with E-state index in [0.717, 1.165) is 18.6 Å². The zero-order valence-corrected chi connectivity index (χ0v) is 15.1. The number of anilines is 2. The third-order valence-electron chi connectivity index (χ3n) is 4.81. The van der Waals surface area contributed by atoms with E-state index in [-0.39, 0.29) is 11.4 Å². The molecule has 0 saturated carbocycles. The fourth-order valence-electron chi connectivity index (χ4n) is 3.42. The Balaban J connectivity index is 1.61. The normalized spacial score (nSPS) is 17.9. The maximum absolute atomic E-state index is 12.9. The summed E-state index contributed by atoms with van der Waals surface area (Å²) in [6.45, 7) is 0.583. The van der Waals surface area contributed by atoms with Crippen LogP contribution in [0.15, 0.2) is 42.7 Å². The molecule has 2 aromatic heterocycles. The third-order valence-corrected chi connectivity index (χ3v) is 4.81. The molecule has 0 radical (unpaired) electrons. The van der Waals surface area contributed by atoms with E-state index in [2.05, 4.69) is 15.4 Å². The molecular weight excluding hydrogens is 371 g/mol. The van der Waals surface area contributed by atoms with Crippen LogP contribution in [0.4, 0.5) is 24.7 Å². The second kappa shape index (κ2) is 6.81. The van der Waals surface area contributed by atoms with E-state index in [9.17, 15) is 18.0 Å². The van der Waals surface area contributed by atoms with E-state index < -0.39 is 17.8 Å². The maximum atomic E-state index is 12.9. The maximum Gasteiger partial charge on any atom is 0.416 e. The predicted molar refractivity (Wildman–Crippen MR) is 99.0 cm³/mol.